The number of likely N-dealkylation sites (tertiary alicyclic amines) is 1. The fraction of sp³-hybridized carbons (Fsp3) is 0.517. The van der Waals surface area contributed by atoms with Gasteiger partial charge in [0.2, 0.25) is 0 Å². The Morgan fingerprint density at radius 3 is 2.78 bits per heavy atom. The maximum Gasteiger partial charge on any atom is 0.318 e. The third-order valence-electron chi connectivity index (χ3n) is 8.04. The highest BCUT2D eigenvalue weighted by atomic mass is 35.5. The Morgan fingerprint density at radius 2 is 2.00 bits per heavy atom. The number of nitrogens with zero attached hydrogens (tertiary/aromatic N) is 4. The maximum atomic E-state index is 6.66. The third-order valence-corrected chi connectivity index (χ3v) is 8.35. The molecule has 7 nitrogen and oxygen atoms in total. The number of ether oxygens (including phenoxy) is 2. The quantitative estimate of drug-likeness (QED) is 0.519. The van der Waals surface area contributed by atoms with E-state index in [1.165, 1.54) is 6.42 Å². The number of hydrogen-bond donors (Lipinski definition) is 1. The smallest absolute Gasteiger partial charge is 0.318 e. The first kappa shape index (κ1) is 24.9. The zero-order chi connectivity index (χ0) is 25.6. The average Bonchev–Trinajstić information content (AvgIpc) is 3.30. The molecule has 0 amide bonds. The van der Waals surface area contributed by atoms with Gasteiger partial charge in [-0.2, -0.15) is 9.97 Å². The fourth-order valence-electron chi connectivity index (χ4n) is 6.03. The van der Waals surface area contributed by atoms with Crippen LogP contribution in [0.1, 0.15) is 49.6 Å². The summed E-state index contributed by atoms with van der Waals surface area (Å²) in [7, 11) is 2.17. The number of fused-ring (bicyclic) bond motifs is 2. The lowest BCUT2D eigenvalue weighted by molar-refractivity contribution is 0.0264. The number of hydrogen-bond acceptors (Lipinski definition) is 7. The molecule has 2 saturated heterocycles. The highest BCUT2D eigenvalue weighted by molar-refractivity contribution is 6.35. The van der Waals surface area contributed by atoms with Crippen LogP contribution in [0.15, 0.2) is 36.4 Å². The van der Waals surface area contributed by atoms with Crippen LogP contribution in [0.4, 0.5) is 5.82 Å². The van der Waals surface area contributed by atoms with Crippen molar-refractivity contribution < 1.29 is 9.47 Å². The zero-order valence-corrected chi connectivity index (χ0v) is 22.7. The van der Waals surface area contributed by atoms with Gasteiger partial charge in [-0.1, -0.05) is 41.9 Å². The molecule has 2 atom stereocenters. The SMILES string of the molecule is CN1CCC[C@H]1COc1nc2c(c(N3CCNC(C)(C)C3)n1)COC(c1cccc3cccc(Cl)c13)C2. The topological polar surface area (TPSA) is 62.8 Å². The van der Waals surface area contributed by atoms with Gasteiger partial charge in [-0.05, 0) is 57.3 Å². The minimum atomic E-state index is -0.132. The summed E-state index contributed by atoms with van der Waals surface area (Å²) < 4.78 is 12.8. The van der Waals surface area contributed by atoms with Crippen molar-refractivity contribution >= 4 is 28.2 Å². The molecule has 3 aliphatic rings. The second kappa shape index (κ2) is 10.0. The van der Waals surface area contributed by atoms with Crippen LogP contribution in [-0.2, 0) is 17.8 Å². The average molecular weight is 522 g/mol. The van der Waals surface area contributed by atoms with Crippen molar-refractivity contribution in [3.63, 3.8) is 0 Å². The van der Waals surface area contributed by atoms with Crippen molar-refractivity contribution in [2.24, 2.45) is 0 Å². The van der Waals surface area contributed by atoms with Gasteiger partial charge in [0.1, 0.15) is 12.4 Å². The van der Waals surface area contributed by atoms with E-state index in [0.29, 0.717) is 31.7 Å². The Balaban J connectivity index is 1.35. The second-order valence-corrected chi connectivity index (χ2v) is 11.7. The lowest BCUT2D eigenvalue weighted by Crippen LogP contribution is -2.57. The van der Waals surface area contributed by atoms with E-state index in [4.69, 9.17) is 31.0 Å². The van der Waals surface area contributed by atoms with Crippen LogP contribution >= 0.6 is 11.6 Å². The number of rotatable bonds is 5. The van der Waals surface area contributed by atoms with E-state index in [1.54, 1.807) is 0 Å². The van der Waals surface area contributed by atoms with E-state index in [1.807, 2.05) is 12.1 Å². The summed E-state index contributed by atoms with van der Waals surface area (Å²) in [5.41, 5.74) is 3.19. The molecular weight excluding hydrogens is 486 g/mol. The Morgan fingerprint density at radius 1 is 1.16 bits per heavy atom. The van der Waals surface area contributed by atoms with Crippen LogP contribution in [0.25, 0.3) is 10.8 Å². The Labute approximate surface area is 224 Å². The van der Waals surface area contributed by atoms with Crippen molar-refractivity contribution in [3.05, 3.63) is 58.2 Å². The van der Waals surface area contributed by atoms with Crippen molar-refractivity contribution in [1.82, 2.24) is 20.2 Å². The molecule has 0 radical (unpaired) electrons. The normalized spacial score (nSPS) is 23.8. The van der Waals surface area contributed by atoms with Gasteiger partial charge in [-0.25, -0.2) is 0 Å². The number of benzene rings is 2. The van der Waals surface area contributed by atoms with Crippen LogP contribution < -0.4 is 15.0 Å². The van der Waals surface area contributed by atoms with Crippen molar-refractivity contribution in [2.75, 3.05) is 44.7 Å². The number of likely N-dealkylation sites (N-methyl/N-ethyl adjacent to an activating group) is 1. The predicted molar refractivity (Wildman–Crippen MR) is 148 cm³/mol. The van der Waals surface area contributed by atoms with Gasteiger partial charge in [-0.3, -0.25) is 0 Å². The molecule has 3 aliphatic heterocycles. The first-order chi connectivity index (χ1) is 17.9. The summed E-state index contributed by atoms with van der Waals surface area (Å²) in [6.45, 7) is 9.32. The summed E-state index contributed by atoms with van der Waals surface area (Å²) in [5, 5.41) is 6.53. The Kier molecular flexibility index (Phi) is 6.74. The first-order valence-corrected chi connectivity index (χ1v) is 13.8. The summed E-state index contributed by atoms with van der Waals surface area (Å²) in [4.78, 5) is 14.7. The molecular formula is C29H36ClN5O2. The van der Waals surface area contributed by atoms with Crippen LogP contribution in [0.5, 0.6) is 6.01 Å². The summed E-state index contributed by atoms with van der Waals surface area (Å²) in [5.74, 6) is 0.948. The number of piperazine rings is 1. The number of halogens is 1. The van der Waals surface area contributed by atoms with E-state index in [0.717, 1.165) is 71.0 Å². The largest absolute Gasteiger partial charge is 0.462 e. The molecule has 1 N–H and O–H groups in total. The molecule has 196 valence electrons. The van der Waals surface area contributed by atoms with Crippen LogP contribution in [0.3, 0.4) is 0 Å². The number of aromatic nitrogens is 2. The van der Waals surface area contributed by atoms with Crippen LogP contribution in [0.2, 0.25) is 5.02 Å². The van der Waals surface area contributed by atoms with Gasteiger partial charge >= 0.3 is 6.01 Å². The first-order valence-electron chi connectivity index (χ1n) is 13.4. The van der Waals surface area contributed by atoms with Gasteiger partial charge < -0.3 is 24.6 Å². The lowest BCUT2D eigenvalue weighted by atomic mass is 9.94. The van der Waals surface area contributed by atoms with Gasteiger partial charge in [0.25, 0.3) is 0 Å². The van der Waals surface area contributed by atoms with E-state index in [-0.39, 0.29) is 11.6 Å². The van der Waals surface area contributed by atoms with Gasteiger partial charge in [-0.15, -0.1) is 0 Å². The number of nitrogens with one attached hydrogen (secondary N) is 1. The zero-order valence-electron chi connectivity index (χ0n) is 22.0. The molecule has 1 aromatic heterocycles. The van der Waals surface area contributed by atoms with Crippen LogP contribution in [0, 0.1) is 0 Å². The fourth-order valence-corrected chi connectivity index (χ4v) is 6.32. The molecule has 4 heterocycles. The molecule has 0 spiro atoms. The highest BCUT2D eigenvalue weighted by Gasteiger charge is 2.33. The minimum Gasteiger partial charge on any atom is -0.462 e. The van der Waals surface area contributed by atoms with Gasteiger partial charge in [0, 0.05) is 53.6 Å². The standard InChI is InChI=1S/C29H36ClN5O2/c1-29(2)18-35(14-12-31-29)27-22-17-36-25(21-10-4-7-19-8-5-11-23(30)26(19)21)15-24(22)32-28(33-27)37-16-20-9-6-13-34(20)3/h4-5,7-8,10-11,20,25,31H,6,9,12-18H2,1-3H3/t20-,25?/m0/s1. The summed E-state index contributed by atoms with van der Waals surface area (Å²) in [6, 6.07) is 13.2. The molecule has 0 bridgehead atoms. The van der Waals surface area contributed by atoms with E-state index in [9.17, 15) is 0 Å². The summed E-state index contributed by atoms with van der Waals surface area (Å²) >= 11 is 6.66. The lowest BCUT2D eigenvalue weighted by Gasteiger charge is -2.41. The molecule has 2 aromatic carbocycles. The summed E-state index contributed by atoms with van der Waals surface area (Å²) in [6.07, 6.45) is 2.89. The molecule has 0 saturated carbocycles. The molecule has 3 aromatic rings. The van der Waals surface area contributed by atoms with Crippen molar-refractivity contribution in [3.8, 4) is 6.01 Å². The van der Waals surface area contributed by atoms with E-state index >= 15 is 0 Å². The molecule has 6 rings (SSSR count). The van der Waals surface area contributed by atoms with Gasteiger partial charge in [0.05, 0.1) is 18.4 Å². The molecule has 2 fully saturated rings. The molecule has 0 aliphatic carbocycles. The minimum absolute atomic E-state index is 0.00141. The van der Waals surface area contributed by atoms with Crippen molar-refractivity contribution in [2.45, 2.75) is 57.4 Å². The molecule has 8 heteroatoms. The van der Waals surface area contributed by atoms with Crippen molar-refractivity contribution in [1.29, 1.82) is 0 Å². The highest BCUT2D eigenvalue weighted by Crippen LogP contribution is 2.39. The predicted octanol–water partition coefficient (Wildman–Crippen LogP) is 4.76. The van der Waals surface area contributed by atoms with Crippen LogP contribution in [-0.4, -0.2) is 66.3 Å². The van der Waals surface area contributed by atoms with E-state index < -0.39 is 0 Å². The third kappa shape index (κ3) is 5.02. The Bertz CT molecular complexity index is 1290. The Hall–Kier alpha value is -2.45. The monoisotopic (exact) mass is 521 g/mol. The molecule has 37 heavy (non-hydrogen) atoms. The second-order valence-electron chi connectivity index (χ2n) is 11.3. The van der Waals surface area contributed by atoms with Gasteiger partial charge in [0.15, 0.2) is 0 Å². The number of anilines is 1. The molecule has 1 unspecified atom stereocenters. The van der Waals surface area contributed by atoms with E-state index in [2.05, 4.69) is 60.3 Å². The maximum absolute atomic E-state index is 6.66.